The maximum atomic E-state index is 12.7. The van der Waals surface area contributed by atoms with Crippen molar-refractivity contribution in [3.8, 4) is 11.5 Å². The van der Waals surface area contributed by atoms with Gasteiger partial charge in [0, 0.05) is 17.8 Å². The number of nitro groups is 1. The molecule has 0 unspecified atom stereocenters. The summed E-state index contributed by atoms with van der Waals surface area (Å²) in [5, 5.41) is 13.5. The summed E-state index contributed by atoms with van der Waals surface area (Å²) >= 11 is 0. The smallest absolute Gasteiger partial charge is 0.338 e. The highest BCUT2D eigenvalue weighted by molar-refractivity contribution is 7.92. The standard InChI is InChI=1S/C24H21N3O9S/c1-15-2-8-19(20(12-15)27(30)31)25-23(28)14-36-24(29)16-3-5-17(6-4-16)26-37(32,33)18-7-9-21-22(13-18)35-11-10-34-21/h2-9,12-13,26H,10-11,14H2,1H3,(H,25,28). The maximum absolute atomic E-state index is 12.7. The molecule has 1 aliphatic heterocycles. The number of carbonyl (C=O) groups excluding carboxylic acids is 2. The van der Waals surface area contributed by atoms with E-state index in [-0.39, 0.29) is 27.5 Å². The van der Waals surface area contributed by atoms with Crippen LogP contribution in [0.3, 0.4) is 0 Å². The molecule has 3 aromatic rings. The number of amides is 1. The lowest BCUT2D eigenvalue weighted by Gasteiger charge is -2.19. The first-order chi connectivity index (χ1) is 17.6. The van der Waals surface area contributed by atoms with Crippen LogP contribution in [0, 0.1) is 17.0 Å². The normalized spacial score (nSPS) is 12.4. The quantitative estimate of drug-likeness (QED) is 0.254. The number of fused-ring (bicyclic) bond motifs is 1. The molecule has 0 radical (unpaired) electrons. The van der Waals surface area contributed by atoms with Crippen LogP contribution in [0.25, 0.3) is 0 Å². The van der Waals surface area contributed by atoms with E-state index in [1.807, 2.05) is 0 Å². The molecular weight excluding hydrogens is 506 g/mol. The van der Waals surface area contributed by atoms with E-state index in [1.54, 1.807) is 13.0 Å². The highest BCUT2D eigenvalue weighted by Crippen LogP contribution is 2.32. The third-order valence-corrected chi connectivity index (χ3v) is 6.53. The van der Waals surface area contributed by atoms with Crippen molar-refractivity contribution in [1.29, 1.82) is 0 Å². The molecular formula is C24H21N3O9S. The third-order valence-electron chi connectivity index (χ3n) is 5.16. The zero-order valence-corrected chi connectivity index (χ0v) is 20.2. The number of carbonyl (C=O) groups is 2. The van der Waals surface area contributed by atoms with Gasteiger partial charge in [0.15, 0.2) is 18.1 Å². The lowest BCUT2D eigenvalue weighted by atomic mass is 10.2. The summed E-state index contributed by atoms with van der Waals surface area (Å²) < 4.78 is 43.6. The topological polar surface area (TPSA) is 163 Å². The van der Waals surface area contributed by atoms with E-state index < -0.39 is 33.4 Å². The highest BCUT2D eigenvalue weighted by Gasteiger charge is 2.20. The van der Waals surface area contributed by atoms with Crippen LogP contribution in [0.1, 0.15) is 15.9 Å². The molecule has 37 heavy (non-hydrogen) atoms. The molecule has 0 atom stereocenters. The van der Waals surface area contributed by atoms with Crippen molar-refractivity contribution in [2.24, 2.45) is 0 Å². The maximum Gasteiger partial charge on any atom is 0.338 e. The van der Waals surface area contributed by atoms with E-state index in [9.17, 15) is 28.1 Å². The van der Waals surface area contributed by atoms with Crippen molar-refractivity contribution in [2.75, 3.05) is 29.9 Å². The number of sulfonamides is 1. The second-order valence-electron chi connectivity index (χ2n) is 7.89. The van der Waals surface area contributed by atoms with E-state index in [4.69, 9.17) is 14.2 Å². The minimum Gasteiger partial charge on any atom is -0.486 e. The first kappa shape index (κ1) is 25.4. The van der Waals surface area contributed by atoms with Gasteiger partial charge in [0.2, 0.25) is 0 Å². The first-order valence-electron chi connectivity index (χ1n) is 10.9. The fourth-order valence-electron chi connectivity index (χ4n) is 3.38. The number of ether oxygens (including phenoxy) is 3. The molecule has 1 aliphatic rings. The van der Waals surface area contributed by atoms with E-state index in [1.165, 1.54) is 54.6 Å². The van der Waals surface area contributed by atoms with E-state index in [0.29, 0.717) is 30.3 Å². The van der Waals surface area contributed by atoms with Gasteiger partial charge >= 0.3 is 5.97 Å². The minimum absolute atomic E-state index is 0.0219. The van der Waals surface area contributed by atoms with Crippen LogP contribution in [0.4, 0.5) is 17.1 Å². The van der Waals surface area contributed by atoms with Crippen LogP contribution in [-0.2, 0) is 19.6 Å². The molecule has 0 bridgehead atoms. The van der Waals surface area contributed by atoms with Gasteiger partial charge in [-0.25, -0.2) is 13.2 Å². The second-order valence-corrected chi connectivity index (χ2v) is 9.57. The van der Waals surface area contributed by atoms with Crippen molar-refractivity contribution >= 4 is 39.0 Å². The van der Waals surface area contributed by atoms with Gasteiger partial charge in [-0.3, -0.25) is 19.6 Å². The summed E-state index contributed by atoms with van der Waals surface area (Å²) in [6.45, 7) is 1.69. The Labute approximate surface area is 211 Å². The Bertz CT molecular complexity index is 1470. The van der Waals surface area contributed by atoms with Crippen molar-refractivity contribution in [1.82, 2.24) is 0 Å². The molecule has 4 rings (SSSR count). The Kier molecular flexibility index (Phi) is 7.25. The first-order valence-corrected chi connectivity index (χ1v) is 12.4. The van der Waals surface area contributed by atoms with Gasteiger partial charge < -0.3 is 19.5 Å². The van der Waals surface area contributed by atoms with Gasteiger partial charge in [0.25, 0.3) is 21.6 Å². The average molecular weight is 528 g/mol. The zero-order chi connectivity index (χ0) is 26.6. The molecule has 0 fully saturated rings. The predicted molar refractivity (Wildman–Crippen MR) is 131 cm³/mol. The van der Waals surface area contributed by atoms with Gasteiger partial charge in [0.1, 0.15) is 18.9 Å². The fraction of sp³-hybridized carbons (Fsp3) is 0.167. The lowest BCUT2D eigenvalue weighted by molar-refractivity contribution is -0.384. The molecule has 0 aromatic heterocycles. The molecule has 3 aromatic carbocycles. The number of hydrogen-bond donors (Lipinski definition) is 2. The molecule has 2 N–H and O–H groups in total. The van der Waals surface area contributed by atoms with E-state index in [2.05, 4.69) is 10.0 Å². The van der Waals surface area contributed by atoms with Gasteiger partial charge in [-0.05, 0) is 55.0 Å². The van der Waals surface area contributed by atoms with Gasteiger partial charge in [0.05, 0.1) is 15.4 Å². The highest BCUT2D eigenvalue weighted by atomic mass is 32.2. The monoisotopic (exact) mass is 527 g/mol. The second kappa shape index (κ2) is 10.5. The summed E-state index contributed by atoms with van der Waals surface area (Å²) in [5.74, 6) is -0.814. The number of nitrogens with one attached hydrogen (secondary N) is 2. The molecule has 0 spiro atoms. The van der Waals surface area contributed by atoms with Crippen LogP contribution in [0.5, 0.6) is 11.5 Å². The fourth-order valence-corrected chi connectivity index (χ4v) is 4.45. The molecule has 192 valence electrons. The Hall–Kier alpha value is -4.65. The molecule has 0 aliphatic carbocycles. The summed E-state index contributed by atoms with van der Waals surface area (Å²) in [7, 11) is -3.95. The third kappa shape index (κ3) is 6.13. The number of nitrogens with zero attached hydrogens (tertiary/aromatic N) is 1. The van der Waals surface area contributed by atoms with Gasteiger partial charge in [-0.1, -0.05) is 6.07 Å². The van der Waals surface area contributed by atoms with Crippen molar-refractivity contribution < 1.29 is 37.1 Å². The predicted octanol–water partition coefficient (Wildman–Crippen LogP) is 3.27. The number of anilines is 2. The number of aryl methyl sites for hydroxylation is 1. The van der Waals surface area contributed by atoms with Gasteiger partial charge in [-0.15, -0.1) is 0 Å². The Balaban J connectivity index is 1.35. The van der Waals surface area contributed by atoms with Crippen molar-refractivity contribution in [2.45, 2.75) is 11.8 Å². The summed E-state index contributed by atoms with van der Waals surface area (Å²) in [6, 6.07) is 13.9. The number of esters is 1. The Morgan fingerprint density at radius 3 is 2.41 bits per heavy atom. The van der Waals surface area contributed by atoms with Crippen LogP contribution >= 0.6 is 0 Å². The van der Waals surface area contributed by atoms with Crippen LogP contribution in [0.2, 0.25) is 0 Å². The molecule has 0 saturated carbocycles. The Morgan fingerprint density at radius 2 is 1.70 bits per heavy atom. The number of nitro benzene ring substituents is 1. The number of benzene rings is 3. The summed E-state index contributed by atoms with van der Waals surface area (Å²) in [4.78, 5) is 35.0. The summed E-state index contributed by atoms with van der Waals surface area (Å²) in [6.07, 6.45) is 0. The molecule has 1 heterocycles. The number of hydrogen-bond acceptors (Lipinski definition) is 9. The van der Waals surface area contributed by atoms with Crippen molar-refractivity contribution in [3.05, 3.63) is 81.9 Å². The minimum atomic E-state index is -3.95. The number of rotatable bonds is 8. The van der Waals surface area contributed by atoms with Gasteiger partial charge in [-0.2, -0.15) is 0 Å². The lowest BCUT2D eigenvalue weighted by Crippen LogP contribution is -2.21. The zero-order valence-electron chi connectivity index (χ0n) is 19.4. The SMILES string of the molecule is Cc1ccc(NC(=O)COC(=O)c2ccc(NS(=O)(=O)c3ccc4c(c3)OCCO4)cc2)c([N+](=O)[O-])c1. The Morgan fingerprint density at radius 1 is 1.00 bits per heavy atom. The van der Waals surface area contributed by atoms with Crippen LogP contribution < -0.4 is 19.5 Å². The van der Waals surface area contributed by atoms with Crippen LogP contribution in [-0.4, -0.2) is 45.0 Å². The molecule has 0 saturated heterocycles. The molecule has 13 heteroatoms. The van der Waals surface area contributed by atoms with Crippen LogP contribution in [0.15, 0.2) is 65.6 Å². The van der Waals surface area contributed by atoms with E-state index in [0.717, 1.165) is 0 Å². The molecule has 1 amide bonds. The van der Waals surface area contributed by atoms with Crippen molar-refractivity contribution in [3.63, 3.8) is 0 Å². The average Bonchev–Trinajstić information content (AvgIpc) is 2.88. The van der Waals surface area contributed by atoms with E-state index >= 15 is 0 Å². The summed E-state index contributed by atoms with van der Waals surface area (Å²) in [5.41, 5.74) is 0.598. The largest absolute Gasteiger partial charge is 0.486 e. The molecule has 12 nitrogen and oxygen atoms in total.